The normalized spacial score (nSPS) is 10.2. The van der Waals surface area contributed by atoms with E-state index < -0.39 is 5.97 Å². The van der Waals surface area contributed by atoms with Gasteiger partial charge in [0, 0.05) is 17.6 Å². The van der Waals surface area contributed by atoms with Crippen LogP contribution in [-0.2, 0) is 7.05 Å². The van der Waals surface area contributed by atoms with Crippen LogP contribution in [0.3, 0.4) is 0 Å². The Morgan fingerprint density at radius 1 is 1.75 bits per heavy atom. The molecule has 66 valence electrons. The Kier molecular flexibility index (Phi) is 2.69. The van der Waals surface area contributed by atoms with Crippen molar-refractivity contribution in [2.24, 2.45) is 7.05 Å². The van der Waals surface area contributed by atoms with Crippen LogP contribution in [0.4, 0.5) is 0 Å². The molecule has 5 heteroatoms. The monoisotopic (exact) mass is 205 g/mol. The molecule has 0 radical (unpaired) electrons. The second-order valence-corrected chi connectivity index (χ2v) is 3.48. The first-order valence-corrected chi connectivity index (χ1v) is 4.90. The lowest BCUT2D eigenvalue weighted by molar-refractivity contribution is 0.0686. The fourth-order valence-corrected chi connectivity index (χ4v) is 1.83. The molecule has 1 aromatic heterocycles. The van der Waals surface area contributed by atoms with Crippen LogP contribution in [0, 0.1) is 6.92 Å². The molecule has 1 N–H and O–H groups in total. The number of rotatable bonds is 2. The van der Waals surface area contributed by atoms with Crippen LogP contribution in [0.1, 0.15) is 16.2 Å². The topological polar surface area (TPSA) is 42.2 Å². The van der Waals surface area contributed by atoms with Crippen molar-refractivity contribution in [3.63, 3.8) is 0 Å². The van der Waals surface area contributed by atoms with E-state index in [-0.39, 0.29) is 5.69 Å². The highest BCUT2D eigenvalue weighted by molar-refractivity contribution is 8.21. The molecule has 0 amide bonds. The lowest BCUT2D eigenvalue weighted by atomic mass is 10.4. The largest absolute Gasteiger partial charge is 0.477 e. The van der Waals surface area contributed by atoms with Gasteiger partial charge < -0.3 is 9.67 Å². The molecule has 0 aliphatic heterocycles. The van der Waals surface area contributed by atoms with Gasteiger partial charge in [-0.2, -0.15) is 0 Å². The van der Waals surface area contributed by atoms with Crippen molar-refractivity contribution in [2.45, 2.75) is 11.8 Å². The van der Waals surface area contributed by atoms with E-state index in [0.717, 1.165) is 21.6 Å². The summed E-state index contributed by atoms with van der Waals surface area (Å²) in [5.74, 6) is -0.933. The molecule has 1 rings (SSSR count). The Hall–Kier alpha value is -0.610. The third-order valence-electron chi connectivity index (χ3n) is 1.79. The summed E-state index contributed by atoms with van der Waals surface area (Å²) in [5, 5.41) is 8.73. The van der Waals surface area contributed by atoms with Gasteiger partial charge in [0.25, 0.3) is 0 Å². The van der Waals surface area contributed by atoms with E-state index in [1.807, 2.05) is 6.92 Å². The first kappa shape index (κ1) is 9.48. The maximum atomic E-state index is 10.6. The van der Waals surface area contributed by atoms with Crippen molar-refractivity contribution >= 4 is 27.6 Å². The van der Waals surface area contributed by atoms with Gasteiger partial charge in [0.2, 0.25) is 0 Å². The van der Waals surface area contributed by atoms with Crippen LogP contribution in [-0.4, -0.2) is 15.6 Å². The van der Waals surface area contributed by atoms with E-state index in [1.54, 1.807) is 17.7 Å². The number of aromatic carboxylic acids is 1. The minimum Gasteiger partial charge on any atom is -0.477 e. The molecule has 0 aromatic carbocycles. The molecule has 0 atom stereocenters. The summed E-state index contributed by atoms with van der Waals surface area (Å²) < 4.78 is 1.60. The van der Waals surface area contributed by atoms with Gasteiger partial charge in [-0.3, -0.25) is 0 Å². The van der Waals surface area contributed by atoms with E-state index in [9.17, 15) is 4.79 Å². The number of carboxylic acids is 1. The summed E-state index contributed by atoms with van der Waals surface area (Å²) in [4.78, 5) is 11.4. The van der Waals surface area contributed by atoms with Crippen molar-refractivity contribution < 1.29 is 9.90 Å². The van der Waals surface area contributed by atoms with Gasteiger partial charge in [0.05, 0.1) is 0 Å². The molecule has 1 heterocycles. The highest BCUT2D eigenvalue weighted by Crippen LogP contribution is 2.28. The fraction of sp³-hybridized carbons (Fsp3) is 0.286. The van der Waals surface area contributed by atoms with E-state index >= 15 is 0 Å². The molecule has 0 fully saturated rings. The minimum absolute atomic E-state index is 0.260. The summed E-state index contributed by atoms with van der Waals surface area (Å²) in [6.45, 7) is 1.83. The molecular formula is C7H8ClNO2S. The van der Waals surface area contributed by atoms with Gasteiger partial charge in [0.15, 0.2) is 0 Å². The Morgan fingerprint density at radius 3 is 2.58 bits per heavy atom. The highest BCUT2D eigenvalue weighted by Gasteiger charge is 2.13. The summed E-state index contributed by atoms with van der Waals surface area (Å²) in [6.07, 6.45) is 0. The zero-order chi connectivity index (χ0) is 9.30. The van der Waals surface area contributed by atoms with Crippen molar-refractivity contribution in [1.82, 2.24) is 4.57 Å². The third-order valence-corrected chi connectivity index (χ3v) is 2.87. The van der Waals surface area contributed by atoms with E-state index in [0.29, 0.717) is 0 Å². The molecule has 0 spiro atoms. The van der Waals surface area contributed by atoms with Gasteiger partial charge in [-0.15, -0.1) is 0 Å². The lowest BCUT2D eigenvalue weighted by Gasteiger charge is -1.99. The van der Waals surface area contributed by atoms with Crippen LogP contribution in [0.2, 0.25) is 0 Å². The summed E-state index contributed by atoms with van der Waals surface area (Å²) in [7, 11) is 8.27. The van der Waals surface area contributed by atoms with E-state index in [2.05, 4.69) is 0 Å². The summed E-state index contributed by atoms with van der Waals surface area (Å²) in [6, 6.07) is 1.56. The predicted octanol–water partition coefficient (Wildman–Crippen LogP) is 2.28. The van der Waals surface area contributed by atoms with Gasteiger partial charge in [0.1, 0.15) is 5.69 Å². The zero-order valence-electron chi connectivity index (χ0n) is 6.67. The molecule has 1 aromatic rings. The van der Waals surface area contributed by atoms with Crippen LogP contribution in [0.25, 0.3) is 0 Å². The first-order chi connectivity index (χ1) is 5.57. The van der Waals surface area contributed by atoms with Crippen molar-refractivity contribution in [3.05, 3.63) is 17.5 Å². The number of halogens is 1. The standard InChI is InChI=1S/C7H8ClNO2S/c1-4-6(12-8)3-5(7(10)11)9(4)2/h3H,1-2H3,(H,10,11). The molecular weight excluding hydrogens is 198 g/mol. The average Bonchev–Trinajstić information content (AvgIpc) is 2.30. The number of carbonyl (C=O) groups is 1. The number of hydrogen-bond acceptors (Lipinski definition) is 2. The van der Waals surface area contributed by atoms with Gasteiger partial charge >= 0.3 is 5.97 Å². The molecule has 3 nitrogen and oxygen atoms in total. The molecule has 12 heavy (non-hydrogen) atoms. The van der Waals surface area contributed by atoms with Gasteiger partial charge in [-0.1, -0.05) is 0 Å². The average molecular weight is 206 g/mol. The number of nitrogens with zero attached hydrogens (tertiary/aromatic N) is 1. The van der Waals surface area contributed by atoms with Crippen LogP contribution in [0.5, 0.6) is 0 Å². The van der Waals surface area contributed by atoms with Crippen LogP contribution < -0.4 is 0 Å². The van der Waals surface area contributed by atoms with Crippen molar-refractivity contribution in [1.29, 1.82) is 0 Å². The molecule has 0 saturated heterocycles. The maximum absolute atomic E-state index is 10.6. The SMILES string of the molecule is Cc1c(SCl)cc(C(=O)O)n1C. The quantitative estimate of drug-likeness (QED) is 0.806. The van der Waals surface area contributed by atoms with E-state index in [4.69, 9.17) is 15.8 Å². The minimum atomic E-state index is -0.933. The summed E-state index contributed by atoms with van der Waals surface area (Å²) in [5.41, 5.74) is 1.13. The second kappa shape index (κ2) is 3.41. The number of aromatic nitrogens is 1. The Bertz CT molecular complexity index is 321. The first-order valence-electron chi connectivity index (χ1n) is 3.26. The molecule has 0 bridgehead atoms. The Balaban J connectivity index is 3.25. The highest BCUT2D eigenvalue weighted by atomic mass is 35.7. The maximum Gasteiger partial charge on any atom is 0.352 e. The zero-order valence-corrected chi connectivity index (χ0v) is 8.24. The molecule has 0 aliphatic rings. The molecule has 0 unspecified atom stereocenters. The Labute approximate surface area is 78.8 Å². The second-order valence-electron chi connectivity index (χ2n) is 2.42. The van der Waals surface area contributed by atoms with E-state index in [1.165, 1.54) is 0 Å². The van der Waals surface area contributed by atoms with Gasteiger partial charge in [-0.05, 0) is 34.6 Å². The molecule has 0 saturated carbocycles. The third kappa shape index (κ3) is 1.44. The van der Waals surface area contributed by atoms with Crippen LogP contribution in [0.15, 0.2) is 11.0 Å². The fourth-order valence-electron chi connectivity index (χ4n) is 0.955. The number of hydrogen-bond donors (Lipinski definition) is 1. The van der Waals surface area contributed by atoms with Crippen molar-refractivity contribution in [2.75, 3.05) is 0 Å². The van der Waals surface area contributed by atoms with Crippen molar-refractivity contribution in [3.8, 4) is 0 Å². The van der Waals surface area contributed by atoms with Crippen LogP contribution >= 0.6 is 21.7 Å². The number of carboxylic acid groups (broad SMARTS) is 1. The smallest absolute Gasteiger partial charge is 0.352 e. The summed E-state index contributed by atoms with van der Waals surface area (Å²) >= 11 is 0. The lowest BCUT2D eigenvalue weighted by Crippen LogP contribution is -2.04. The van der Waals surface area contributed by atoms with Gasteiger partial charge in [-0.25, -0.2) is 4.79 Å². The Morgan fingerprint density at radius 2 is 2.33 bits per heavy atom. The molecule has 0 aliphatic carbocycles. The predicted molar refractivity (Wildman–Crippen MR) is 48.8 cm³/mol.